The number of nitrogens with zero attached hydrogens (tertiary/aromatic N) is 2. The molecule has 1 aromatic carbocycles. The van der Waals surface area contributed by atoms with Crippen LogP contribution in [0.15, 0.2) is 36.7 Å². The molecule has 0 radical (unpaired) electrons. The second kappa shape index (κ2) is 5.55. The minimum absolute atomic E-state index is 0.188. The Balaban J connectivity index is 2.10. The number of nitrogens with two attached hydrogens (primary N) is 1. The molecule has 18 heavy (non-hydrogen) atoms. The predicted octanol–water partition coefficient (Wildman–Crippen LogP) is 1.51. The van der Waals surface area contributed by atoms with Crippen molar-refractivity contribution in [2.75, 3.05) is 13.7 Å². The van der Waals surface area contributed by atoms with Gasteiger partial charge in [-0.05, 0) is 24.3 Å². The lowest BCUT2D eigenvalue weighted by molar-refractivity contribution is 0.214. The molecule has 2 rings (SSSR count). The summed E-state index contributed by atoms with van der Waals surface area (Å²) in [6.45, 7) is 0.401. The molecule has 96 valence electrons. The van der Waals surface area contributed by atoms with Crippen LogP contribution in [0.3, 0.4) is 0 Å². The Hall–Kier alpha value is -2.01. The van der Waals surface area contributed by atoms with E-state index in [-0.39, 0.29) is 6.10 Å². The number of rotatable bonds is 5. The first-order chi connectivity index (χ1) is 8.72. The van der Waals surface area contributed by atoms with Crippen molar-refractivity contribution in [2.24, 2.45) is 12.8 Å². The molecule has 0 aliphatic rings. The molecule has 1 unspecified atom stereocenters. The van der Waals surface area contributed by atoms with Gasteiger partial charge in [-0.3, -0.25) is 4.68 Å². The molecule has 0 bridgehead atoms. The maximum absolute atomic E-state index is 5.83. The SMILES string of the molecule is COc1ccc(OC(CN)c2cnn(C)c2)cc1. The molecule has 1 aromatic heterocycles. The molecule has 0 saturated carbocycles. The average Bonchev–Trinajstić information content (AvgIpc) is 2.83. The van der Waals surface area contributed by atoms with Crippen LogP contribution in [-0.2, 0) is 7.05 Å². The summed E-state index contributed by atoms with van der Waals surface area (Å²) in [7, 11) is 3.50. The highest BCUT2D eigenvalue weighted by atomic mass is 16.5. The maximum Gasteiger partial charge on any atom is 0.139 e. The largest absolute Gasteiger partial charge is 0.497 e. The van der Waals surface area contributed by atoms with Crippen molar-refractivity contribution in [3.63, 3.8) is 0 Å². The van der Waals surface area contributed by atoms with Gasteiger partial charge in [-0.15, -0.1) is 0 Å². The lowest BCUT2D eigenvalue weighted by atomic mass is 10.2. The summed E-state index contributed by atoms with van der Waals surface area (Å²) in [5.41, 5.74) is 6.70. The van der Waals surface area contributed by atoms with E-state index in [9.17, 15) is 0 Å². The van der Waals surface area contributed by atoms with Crippen LogP contribution >= 0.6 is 0 Å². The second-order valence-electron chi connectivity index (χ2n) is 3.97. The first-order valence-electron chi connectivity index (χ1n) is 5.72. The zero-order chi connectivity index (χ0) is 13.0. The zero-order valence-electron chi connectivity index (χ0n) is 10.5. The first kappa shape index (κ1) is 12.4. The monoisotopic (exact) mass is 247 g/mol. The van der Waals surface area contributed by atoms with Crippen molar-refractivity contribution in [2.45, 2.75) is 6.10 Å². The molecule has 5 heteroatoms. The number of hydrogen-bond donors (Lipinski definition) is 1. The third-order valence-electron chi connectivity index (χ3n) is 2.65. The average molecular weight is 247 g/mol. The van der Waals surface area contributed by atoms with Crippen LogP contribution in [-0.4, -0.2) is 23.4 Å². The van der Waals surface area contributed by atoms with Crippen LogP contribution in [0.5, 0.6) is 11.5 Å². The molecule has 0 amide bonds. The maximum atomic E-state index is 5.83. The summed E-state index contributed by atoms with van der Waals surface area (Å²) in [6.07, 6.45) is 3.48. The van der Waals surface area contributed by atoms with Crippen molar-refractivity contribution in [3.8, 4) is 11.5 Å². The summed E-state index contributed by atoms with van der Waals surface area (Å²) in [5, 5.41) is 4.12. The summed E-state index contributed by atoms with van der Waals surface area (Å²) in [5.74, 6) is 1.56. The van der Waals surface area contributed by atoms with Gasteiger partial charge in [0.25, 0.3) is 0 Å². The molecule has 5 nitrogen and oxygen atoms in total. The Morgan fingerprint density at radius 2 is 1.94 bits per heavy atom. The quantitative estimate of drug-likeness (QED) is 0.870. The Morgan fingerprint density at radius 3 is 2.44 bits per heavy atom. The van der Waals surface area contributed by atoms with Crippen molar-refractivity contribution in [1.82, 2.24) is 9.78 Å². The highest BCUT2D eigenvalue weighted by Gasteiger charge is 2.13. The summed E-state index contributed by atoms with van der Waals surface area (Å²) < 4.78 is 12.7. The van der Waals surface area contributed by atoms with E-state index in [4.69, 9.17) is 15.2 Å². The van der Waals surface area contributed by atoms with Gasteiger partial charge in [0.1, 0.15) is 17.6 Å². The Kier molecular flexibility index (Phi) is 3.84. The molecule has 2 N–H and O–H groups in total. The minimum Gasteiger partial charge on any atom is -0.497 e. The van der Waals surface area contributed by atoms with Gasteiger partial charge in [-0.2, -0.15) is 5.10 Å². The van der Waals surface area contributed by atoms with E-state index >= 15 is 0 Å². The van der Waals surface area contributed by atoms with Crippen molar-refractivity contribution >= 4 is 0 Å². The fraction of sp³-hybridized carbons (Fsp3) is 0.308. The number of aryl methyl sites for hydroxylation is 1. The van der Waals surface area contributed by atoms with Crippen LogP contribution < -0.4 is 15.2 Å². The van der Waals surface area contributed by atoms with E-state index in [1.165, 1.54) is 0 Å². The third kappa shape index (κ3) is 2.81. The van der Waals surface area contributed by atoms with Gasteiger partial charge >= 0.3 is 0 Å². The van der Waals surface area contributed by atoms with E-state index in [0.717, 1.165) is 17.1 Å². The van der Waals surface area contributed by atoms with Crippen LogP contribution in [0.25, 0.3) is 0 Å². The Bertz CT molecular complexity index is 493. The fourth-order valence-corrected chi connectivity index (χ4v) is 1.68. The highest BCUT2D eigenvalue weighted by molar-refractivity contribution is 5.31. The van der Waals surface area contributed by atoms with Gasteiger partial charge in [-0.1, -0.05) is 0 Å². The molecule has 1 atom stereocenters. The van der Waals surface area contributed by atoms with Gasteiger partial charge < -0.3 is 15.2 Å². The van der Waals surface area contributed by atoms with Gasteiger partial charge in [0, 0.05) is 25.4 Å². The van der Waals surface area contributed by atoms with E-state index in [1.807, 2.05) is 37.5 Å². The minimum atomic E-state index is -0.188. The lowest BCUT2D eigenvalue weighted by Crippen LogP contribution is -2.18. The summed E-state index contributed by atoms with van der Waals surface area (Å²) in [6, 6.07) is 7.42. The van der Waals surface area contributed by atoms with Crippen LogP contribution in [0.2, 0.25) is 0 Å². The molecule has 0 saturated heterocycles. The molecule has 1 heterocycles. The van der Waals surface area contributed by atoms with E-state index < -0.39 is 0 Å². The van der Waals surface area contributed by atoms with Crippen LogP contribution in [0.4, 0.5) is 0 Å². The van der Waals surface area contributed by atoms with E-state index in [2.05, 4.69) is 5.10 Å². The van der Waals surface area contributed by atoms with Gasteiger partial charge in [0.15, 0.2) is 0 Å². The zero-order valence-corrected chi connectivity index (χ0v) is 10.5. The molecular weight excluding hydrogens is 230 g/mol. The van der Waals surface area contributed by atoms with Crippen molar-refractivity contribution < 1.29 is 9.47 Å². The molecule has 2 aromatic rings. The number of methoxy groups -OCH3 is 1. The second-order valence-corrected chi connectivity index (χ2v) is 3.97. The lowest BCUT2D eigenvalue weighted by Gasteiger charge is -2.16. The molecule has 0 aliphatic carbocycles. The molecule has 0 fully saturated rings. The summed E-state index contributed by atoms with van der Waals surface area (Å²) in [4.78, 5) is 0. The molecule has 0 spiro atoms. The van der Waals surface area contributed by atoms with Gasteiger partial charge in [-0.25, -0.2) is 0 Å². The normalized spacial score (nSPS) is 12.2. The third-order valence-corrected chi connectivity index (χ3v) is 2.65. The number of benzene rings is 1. The summed E-state index contributed by atoms with van der Waals surface area (Å²) >= 11 is 0. The van der Waals surface area contributed by atoms with Crippen molar-refractivity contribution in [3.05, 3.63) is 42.2 Å². The Morgan fingerprint density at radius 1 is 1.28 bits per heavy atom. The number of ether oxygens (including phenoxy) is 2. The van der Waals surface area contributed by atoms with Gasteiger partial charge in [0.05, 0.1) is 13.3 Å². The smallest absolute Gasteiger partial charge is 0.139 e. The van der Waals surface area contributed by atoms with Gasteiger partial charge in [0.2, 0.25) is 0 Å². The van der Waals surface area contributed by atoms with Crippen LogP contribution in [0.1, 0.15) is 11.7 Å². The standard InChI is InChI=1S/C13H17N3O2/c1-16-9-10(8-15-16)13(7-14)18-12-5-3-11(17-2)4-6-12/h3-6,8-9,13H,7,14H2,1-2H3. The fourth-order valence-electron chi connectivity index (χ4n) is 1.68. The van der Waals surface area contributed by atoms with E-state index in [1.54, 1.807) is 18.0 Å². The first-order valence-corrected chi connectivity index (χ1v) is 5.72. The topological polar surface area (TPSA) is 62.3 Å². The number of aromatic nitrogens is 2. The van der Waals surface area contributed by atoms with E-state index in [0.29, 0.717) is 6.54 Å². The molecule has 0 aliphatic heterocycles. The van der Waals surface area contributed by atoms with Crippen LogP contribution in [0, 0.1) is 0 Å². The number of hydrogen-bond acceptors (Lipinski definition) is 4. The predicted molar refractivity (Wildman–Crippen MR) is 68.6 cm³/mol. The molecular formula is C13H17N3O2. The van der Waals surface area contributed by atoms with Crippen molar-refractivity contribution in [1.29, 1.82) is 0 Å². The Labute approximate surface area is 106 Å². The highest BCUT2D eigenvalue weighted by Crippen LogP contribution is 2.23.